The molecule has 1 aromatic carbocycles. The first-order valence-electron chi connectivity index (χ1n) is 6.23. The third-order valence-corrected chi connectivity index (χ3v) is 4.55. The molecule has 0 unspecified atom stereocenters. The highest BCUT2D eigenvalue weighted by molar-refractivity contribution is 8.13. The molecule has 0 aliphatic carbocycles. The lowest BCUT2D eigenvalue weighted by Crippen LogP contribution is -2.39. The molecule has 0 heterocycles. The van der Waals surface area contributed by atoms with Crippen molar-refractivity contribution in [2.45, 2.75) is 24.8 Å². The summed E-state index contributed by atoms with van der Waals surface area (Å²) in [6, 6.07) is 4.00. The van der Waals surface area contributed by atoms with Gasteiger partial charge in [-0.2, -0.15) is 0 Å². The largest absolute Gasteiger partial charge is 0.383 e. The van der Waals surface area contributed by atoms with Gasteiger partial charge in [0.05, 0.1) is 22.1 Å². The molecule has 0 N–H and O–H groups in total. The zero-order valence-corrected chi connectivity index (χ0v) is 14.3. The Hall–Kier alpha value is -0.820. The number of carbonyl (C=O) groups excluding carboxylic acids is 1. The second kappa shape index (κ2) is 7.45. The predicted octanol–water partition coefficient (Wildman–Crippen LogP) is 2.76. The standard InChI is InChI=1S/C13H17Cl2NO4S/c1-9(2)16(7-8-20-3)13(17)12-10(14)5-4-6-11(12)21(15,18)19/h4-6,9H,7-8H2,1-3H3. The molecule has 0 saturated carbocycles. The van der Waals surface area contributed by atoms with E-state index in [0.717, 1.165) is 0 Å². The molecular weight excluding hydrogens is 337 g/mol. The van der Waals surface area contributed by atoms with Gasteiger partial charge >= 0.3 is 0 Å². The maximum Gasteiger partial charge on any atom is 0.262 e. The van der Waals surface area contributed by atoms with E-state index in [2.05, 4.69) is 0 Å². The minimum atomic E-state index is -4.07. The van der Waals surface area contributed by atoms with E-state index in [1.165, 1.54) is 30.2 Å². The quantitative estimate of drug-likeness (QED) is 0.737. The second-order valence-corrected chi connectivity index (χ2v) is 7.58. The van der Waals surface area contributed by atoms with E-state index >= 15 is 0 Å². The van der Waals surface area contributed by atoms with Crippen molar-refractivity contribution in [3.05, 3.63) is 28.8 Å². The van der Waals surface area contributed by atoms with Crippen molar-refractivity contribution in [2.75, 3.05) is 20.3 Å². The molecule has 1 aromatic rings. The summed E-state index contributed by atoms with van der Waals surface area (Å²) < 4.78 is 28.2. The van der Waals surface area contributed by atoms with E-state index < -0.39 is 15.0 Å². The fourth-order valence-electron chi connectivity index (χ4n) is 1.84. The molecule has 21 heavy (non-hydrogen) atoms. The van der Waals surface area contributed by atoms with Gasteiger partial charge in [-0.15, -0.1) is 0 Å². The van der Waals surface area contributed by atoms with Gasteiger partial charge in [-0.05, 0) is 26.0 Å². The smallest absolute Gasteiger partial charge is 0.262 e. The highest BCUT2D eigenvalue weighted by Gasteiger charge is 2.28. The first-order valence-corrected chi connectivity index (χ1v) is 8.92. The van der Waals surface area contributed by atoms with Gasteiger partial charge in [-0.25, -0.2) is 8.42 Å². The summed E-state index contributed by atoms with van der Waals surface area (Å²) in [5, 5.41) is 0.0461. The molecule has 0 aliphatic heterocycles. The van der Waals surface area contributed by atoms with E-state index in [4.69, 9.17) is 27.0 Å². The molecule has 0 bridgehead atoms. The maximum absolute atomic E-state index is 12.6. The molecule has 0 aromatic heterocycles. The van der Waals surface area contributed by atoms with Crippen LogP contribution in [0.4, 0.5) is 0 Å². The van der Waals surface area contributed by atoms with Gasteiger partial charge in [0, 0.05) is 30.4 Å². The number of ether oxygens (including phenoxy) is 1. The molecule has 118 valence electrons. The molecule has 5 nitrogen and oxygen atoms in total. The van der Waals surface area contributed by atoms with Crippen LogP contribution in [0.2, 0.25) is 5.02 Å². The zero-order valence-electron chi connectivity index (χ0n) is 12.0. The average Bonchev–Trinajstić information content (AvgIpc) is 2.37. The third kappa shape index (κ3) is 4.57. The number of nitrogens with zero attached hydrogens (tertiary/aromatic N) is 1. The van der Waals surface area contributed by atoms with E-state index in [-0.39, 0.29) is 21.5 Å². The van der Waals surface area contributed by atoms with Crippen molar-refractivity contribution < 1.29 is 17.9 Å². The van der Waals surface area contributed by atoms with Crippen LogP contribution in [0.5, 0.6) is 0 Å². The normalized spacial score (nSPS) is 11.7. The summed E-state index contributed by atoms with van der Waals surface area (Å²) in [5.74, 6) is -0.494. The first-order chi connectivity index (χ1) is 9.70. The minimum absolute atomic E-state index is 0.0461. The van der Waals surface area contributed by atoms with Gasteiger partial charge in [-0.3, -0.25) is 4.79 Å². The van der Waals surface area contributed by atoms with Gasteiger partial charge in [0.25, 0.3) is 15.0 Å². The summed E-state index contributed by atoms with van der Waals surface area (Å²) in [5.41, 5.74) is -0.112. The highest BCUT2D eigenvalue weighted by atomic mass is 35.7. The Bertz CT molecular complexity index is 617. The Morgan fingerprint density at radius 3 is 2.48 bits per heavy atom. The van der Waals surface area contributed by atoms with Gasteiger partial charge in [0.15, 0.2) is 0 Å². The number of rotatable bonds is 6. The number of benzene rings is 1. The van der Waals surface area contributed by atoms with E-state index in [9.17, 15) is 13.2 Å². The van der Waals surface area contributed by atoms with Crippen LogP contribution in [0.1, 0.15) is 24.2 Å². The summed E-state index contributed by atoms with van der Waals surface area (Å²) >= 11 is 6.01. The predicted molar refractivity (Wildman–Crippen MR) is 82.5 cm³/mol. The highest BCUT2D eigenvalue weighted by Crippen LogP contribution is 2.28. The Labute approximate surface area is 134 Å². The number of halogens is 2. The lowest BCUT2D eigenvalue weighted by molar-refractivity contribution is 0.0631. The SMILES string of the molecule is COCCN(C(=O)c1c(Cl)cccc1S(=O)(=O)Cl)C(C)C. The summed E-state index contributed by atoms with van der Waals surface area (Å²) in [6.45, 7) is 4.29. The summed E-state index contributed by atoms with van der Waals surface area (Å²) in [4.78, 5) is 13.8. The molecule has 0 radical (unpaired) electrons. The molecular formula is C13H17Cl2NO4S. The number of hydrogen-bond acceptors (Lipinski definition) is 4. The van der Waals surface area contributed by atoms with Crippen molar-refractivity contribution >= 4 is 37.2 Å². The van der Waals surface area contributed by atoms with Crippen molar-refractivity contribution in [1.29, 1.82) is 0 Å². The fourth-order valence-corrected chi connectivity index (χ4v) is 3.22. The zero-order chi connectivity index (χ0) is 16.2. The second-order valence-electron chi connectivity index (χ2n) is 4.64. The molecule has 0 fully saturated rings. The van der Waals surface area contributed by atoms with Gasteiger partial charge in [0.2, 0.25) is 0 Å². The first kappa shape index (κ1) is 18.2. The van der Waals surface area contributed by atoms with Crippen LogP contribution in [0.3, 0.4) is 0 Å². The molecule has 0 saturated heterocycles. The monoisotopic (exact) mass is 353 g/mol. The Kier molecular flexibility index (Phi) is 6.46. The summed E-state index contributed by atoms with van der Waals surface area (Å²) in [6.07, 6.45) is 0. The van der Waals surface area contributed by atoms with Crippen LogP contribution in [0, 0.1) is 0 Å². The van der Waals surface area contributed by atoms with Gasteiger partial charge in [0.1, 0.15) is 0 Å². The average molecular weight is 354 g/mol. The van der Waals surface area contributed by atoms with Crippen molar-refractivity contribution in [3.8, 4) is 0 Å². The van der Waals surface area contributed by atoms with Crippen molar-refractivity contribution in [2.24, 2.45) is 0 Å². The molecule has 8 heteroatoms. The maximum atomic E-state index is 12.6. The van der Waals surface area contributed by atoms with Crippen LogP contribution < -0.4 is 0 Å². The fraction of sp³-hybridized carbons (Fsp3) is 0.462. The Morgan fingerprint density at radius 1 is 1.38 bits per heavy atom. The van der Waals surface area contributed by atoms with Crippen molar-refractivity contribution in [1.82, 2.24) is 4.90 Å². The van der Waals surface area contributed by atoms with Gasteiger partial charge < -0.3 is 9.64 Å². The van der Waals surface area contributed by atoms with Crippen LogP contribution in [-0.2, 0) is 13.8 Å². The van der Waals surface area contributed by atoms with Crippen LogP contribution in [0.15, 0.2) is 23.1 Å². The molecule has 0 aliphatic rings. The van der Waals surface area contributed by atoms with Gasteiger partial charge in [-0.1, -0.05) is 17.7 Å². The number of methoxy groups -OCH3 is 1. The van der Waals surface area contributed by atoms with E-state index in [0.29, 0.717) is 13.2 Å². The van der Waals surface area contributed by atoms with E-state index in [1.54, 1.807) is 0 Å². The summed E-state index contributed by atoms with van der Waals surface area (Å²) in [7, 11) is 2.84. The third-order valence-electron chi connectivity index (χ3n) is 2.87. The molecule has 1 amide bonds. The van der Waals surface area contributed by atoms with Crippen LogP contribution in [0.25, 0.3) is 0 Å². The Morgan fingerprint density at radius 2 is 2.00 bits per heavy atom. The van der Waals surface area contributed by atoms with E-state index in [1.807, 2.05) is 13.8 Å². The van der Waals surface area contributed by atoms with Crippen molar-refractivity contribution in [3.63, 3.8) is 0 Å². The Balaban J connectivity index is 3.34. The molecule has 1 rings (SSSR count). The minimum Gasteiger partial charge on any atom is -0.383 e. The number of carbonyl (C=O) groups is 1. The lowest BCUT2D eigenvalue weighted by Gasteiger charge is -2.27. The lowest BCUT2D eigenvalue weighted by atomic mass is 10.1. The number of amides is 1. The topological polar surface area (TPSA) is 63.7 Å². The van der Waals surface area contributed by atoms with Crippen LogP contribution in [-0.4, -0.2) is 45.5 Å². The molecule has 0 spiro atoms. The number of hydrogen-bond donors (Lipinski definition) is 0. The van der Waals surface area contributed by atoms with Crippen LogP contribution >= 0.6 is 22.3 Å². The molecule has 0 atom stereocenters.